The van der Waals surface area contributed by atoms with Crippen LogP contribution in [-0.4, -0.2) is 55.8 Å². The zero-order valence-corrected chi connectivity index (χ0v) is 19.1. The van der Waals surface area contributed by atoms with Gasteiger partial charge in [-0.2, -0.15) is 0 Å². The van der Waals surface area contributed by atoms with Crippen LogP contribution in [0.2, 0.25) is 0 Å². The minimum Gasteiger partial charge on any atom is -0.464 e. The second-order valence-corrected chi connectivity index (χ2v) is 8.91. The van der Waals surface area contributed by atoms with E-state index in [1.807, 2.05) is 21.0 Å². The second kappa shape index (κ2) is 10.6. The molecular formula is C24H36N2O4. The van der Waals surface area contributed by atoms with Gasteiger partial charge in [0.15, 0.2) is 0 Å². The third kappa shape index (κ3) is 6.07. The fourth-order valence-corrected chi connectivity index (χ4v) is 3.50. The third-order valence-electron chi connectivity index (χ3n) is 6.04. The number of benzene rings is 1. The van der Waals surface area contributed by atoms with Gasteiger partial charge in [-0.15, -0.1) is 0 Å². The first-order chi connectivity index (χ1) is 14.2. The number of carbonyl (C=O) groups is 3. The molecule has 30 heavy (non-hydrogen) atoms. The lowest BCUT2D eigenvalue weighted by molar-refractivity contribution is -0.157. The van der Waals surface area contributed by atoms with Crippen molar-refractivity contribution in [2.45, 2.75) is 65.3 Å². The summed E-state index contributed by atoms with van der Waals surface area (Å²) in [5, 5.41) is 0. The number of esters is 1. The van der Waals surface area contributed by atoms with Gasteiger partial charge in [-0.05, 0) is 56.2 Å². The largest absolute Gasteiger partial charge is 0.464 e. The predicted molar refractivity (Wildman–Crippen MR) is 118 cm³/mol. The summed E-state index contributed by atoms with van der Waals surface area (Å²) in [6.45, 7) is 6.20. The maximum atomic E-state index is 12.6. The number of ether oxygens (including phenoxy) is 1. The van der Waals surface area contributed by atoms with Gasteiger partial charge >= 0.3 is 5.97 Å². The molecule has 1 amide bonds. The van der Waals surface area contributed by atoms with Crippen molar-refractivity contribution in [3.8, 4) is 0 Å². The Kier molecular flexibility index (Phi) is 8.44. The standard InChI is InChI=1S/C24H36N2O4/c1-6-24(2,3)21(27)22(28)26-16-9-11-20(26)23(29)30-17-8-7-10-18-12-14-19(15-13-18)25(4)5/h12-15,20H,6-11,16-17H2,1-5H3/t20-/m0/s1. The Bertz CT molecular complexity index is 740. The Balaban J connectivity index is 1.77. The van der Waals surface area contributed by atoms with Crippen LogP contribution in [0.1, 0.15) is 58.4 Å². The normalized spacial score (nSPS) is 16.4. The van der Waals surface area contributed by atoms with E-state index in [9.17, 15) is 14.4 Å². The minimum atomic E-state index is -0.709. The molecule has 1 aromatic carbocycles. The summed E-state index contributed by atoms with van der Waals surface area (Å²) < 4.78 is 5.44. The summed E-state index contributed by atoms with van der Waals surface area (Å²) in [5.41, 5.74) is 1.72. The van der Waals surface area contributed by atoms with Gasteiger partial charge in [0.1, 0.15) is 6.04 Å². The molecule has 0 aromatic heterocycles. The second-order valence-electron chi connectivity index (χ2n) is 8.91. The van der Waals surface area contributed by atoms with Crippen LogP contribution in [0.15, 0.2) is 24.3 Å². The number of ketones is 1. The Morgan fingerprint density at radius 3 is 2.40 bits per heavy atom. The number of hydrogen-bond acceptors (Lipinski definition) is 5. The van der Waals surface area contributed by atoms with E-state index in [-0.39, 0.29) is 0 Å². The van der Waals surface area contributed by atoms with Crippen molar-refractivity contribution in [2.75, 3.05) is 32.1 Å². The molecule has 1 aliphatic heterocycles. The smallest absolute Gasteiger partial charge is 0.328 e. The summed E-state index contributed by atoms with van der Waals surface area (Å²) in [6, 6.07) is 7.81. The summed E-state index contributed by atoms with van der Waals surface area (Å²) in [7, 11) is 4.03. The number of carbonyl (C=O) groups excluding carboxylic acids is 3. The predicted octanol–water partition coefficient (Wildman–Crippen LogP) is 3.61. The van der Waals surface area contributed by atoms with E-state index in [0.717, 1.165) is 19.3 Å². The van der Waals surface area contributed by atoms with Crippen LogP contribution in [0.4, 0.5) is 5.69 Å². The van der Waals surface area contributed by atoms with E-state index < -0.39 is 29.1 Å². The highest BCUT2D eigenvalue weighted by Crippen LogP contribution is 2.26. The first kappa shape index (κ1) is 23.9. The van der Waals surface area contributed by atoms with E-state index in [0.29, 0.717) is 32.4 Å². The van der Waals surface area contributed by atoms with Gasteiger partial charge in [0.05, 0.1) is 6.61 Å². The Hall–Kier alpha value is -2.37. The molecule has 6 nitrogen and oxygen atoms in total. The van der Waals surface area contributed by atoms with Gasteiger partial charge in [0, 0.05) is 31.7 Å². The number of hydrogen-bond donors (Lipinski definition) is 0. The molecular weight excluding hydrogens is 380 g/mol. The molecule has 0 spiro atoms. The highest BCUT2D eigenvalue weighted by Gasteiger charge is 2.41. The van der Waals surface area contributed by atoms with Gasteiger partial charge in [0.25, 0.3) is 5.91 Å². The monoisotopic (exact) mass is 416 g/mol. The lowest BCUT2D eigenvalue weighted by Gasteiger charge is -2.27. The molecule has 166 valence electrons. The van der Waals surface area contributed by atoms with Crippen LogP contribution in [0, 0.1) is 5.41 Å². The Morgan fingerprint density at radius 1 is 1.13 bits per heavy atom. The molecule has 0 unspecified atom stereocenters. The quantitative estimate of drug-likeness (QED) is 0.331. The molecule has 0 bridgehead atoms. The third-order valence-corrected chi connectivity index (χ3v) is 6.04. The number of nitrogens with zero attached hydrogens (tertiary/aromatic N) is 2. The molecule has 0 N–H and O–H groups in total. The fourth-order valence-electron chi connectivity index (χ4n) is 3.50. The number of amides is 1. The van der Waals surface area contributed by atoms with E-state index in [2.05, 4.69) is 29.2 Å². The van der Waals surface area contributed by atoms with Crippen molar-refractivity contribution >= 4 is 23.3 Å². The summed E-state index contributed by atoms with van der Waals surface area (Å²) in [5.74, 6) is -1.37. The molecule has 1 aromatic rings. The molecule has 1 aliphatic rings. The number of rotatable bonds is 10. The van der Waals surface area contributed by atoms with Crippen molar-refractivity contribution in [1.29, 1.82) is 0 Å². The molecule has 1 atom stereocenters. The molecule has 0 saturated carbocycles. The lowest BCUT2D eigenvalue weighted by atomic mass is 9.84. The van der Waals surface area contributed by atoms with Gasteiger partial charge in [-0.1, -0.05) is 32.9 Å². The topological polar surface area (TPSA) is 66.9 Å². The first-order valence-electron chi connectivity index (χ1n) is 11.0. The Labute approximate surface area is 180 Å². The number of likely N-dealkylation sites (tertiary alicyclic amines) is 1. The van der Waals surface area contributed by atoms with Crippen LogP contribution >= 0.6 is 0 Å². The van der Waals surface area contributed by atoms with Gasteiger partial charge in [0.2, 0.25) is 5.78 Å². The van der Waals surface area contributed by atoms with E-state index >= 15 is 0 Å². The molecule has 1 saturated heterocycles. The number of Topliss-reactive ketones (excluding diaryl/α,β-unsaturated/α-hetero) is 1. The maximum Gasteiger partial charge on any atom is 0.328 e. The average Bonchev–Trinajstić information content (AvgIpc) is 3.22. The van der Waals surface area contributed by atoms with Crippen molar-refractivity contribution < 1.29 is 19.1 Å². The van der Waals surface area contributed by atoms with Crippen LogP contribution in [0.25, 0.3) is 0 Å². The zero-order valence-electron chi connectivity index (χ0n) is 19.1. The zero-order chi connectivity index (χ0) is 22.3. The number of unbranched alkanes of at least 4 members (excludes halogenated alkanes) is 1. The minimum absolute atomic E-state index is 0.335. The average molecular weight is 417 g/mol. The van der Waals surface area contributed by atoms with Crippen molar-refractivity contribution in [3.05, 3.63) is 29.8 Å². The number of anilines is 1. The van der Waals surface area contributed by atoms with E-state index in [1.165, 1.54) is 16.2 Å². The highest BCUT2D eigenvalue weighted by atomic mass is 16.5. The molecule has 1 fully saturated rings. The summed E-state index contributed by atoms with van der Waals surface area (Å²) in [6.07, 6.45) is 4.48. The maximum absolute atomic E-state index is 12.6. The van der Waals surface area contributed by atoms with Crippen LogP contribution in [-0.2, 0) is 25.5 Å². The Morgan fingerprint density at radius 2 is 1.80 bits per heavy atom. The van der Waals surface area contributed by atoms with Crippen LogP contribution in [0.5, 0.6) is 0 Å². The van der Waals surface area contributed by atoms with Gasteiger partial charge < -0.3 is 14.5 Å². The molecule has 0 radical (unpaired) electrons. The van der Waals surface area contributed by atoms with E-state index in [1.54, 1.807) is 13.8 Å². The summed E-state index contributed by atoms with van der Waals surface area (Å²) in [4.78, 5) is 41.1. The molecule has 6 heteroatoms. The fraction of sp³-hybridized carbons (Fsp3) is 0.625. The van der Waals surface area contributed by atoms with Crippen LogP contribution < -0.4 is 4.90 Å². The summed E-state index contributed by atoms with van der Waals surface area (Å²) >= 11 is 0. The molecule has 0 aliphatic carbocycles. The first-order valence-corrected chi connectivity index (χ1v) is 11.0. The highest BCUT2D eigenvalue weighted by molar-refractivity contribution is 6.38. The van der Waals surface area contributed by atoms with Crippen molar-refractivity contribution in [2.24, 2.45) is 5.41 Å². The number of aryl methyl sites for hydroxylation is 1. The molecule has 1 heterocycles. The van der Waals surface area contributed by atoms with Crippen molar-refractivity contribution in [1.82, 2.24) is 4.90 Å². The van der Waals surface area contributed by atoms with Crippen molar-refractivity contribution in [3.63, 3.8) is 0 Å². The lowest BCUT2D eigenvalue weighted by Crippen LogP contribution is -2.48. The van der Waals surface area contributed by atoms with Gasteiger partial charge in [-0.3, -0.25) is 9.59 Å². The SMILES string of the molecule is CCC(C)(C)C(=O)C(=O)N1CCC[C@H]1C(=O)OCCCCc1ccc(N(C)C)cc1. The van der Waals surface area contributed by atoms with Gasteiger partial charge in [-0.25, -0.2) is 4.79 Å². The van der Waals surface area contributed by atoms with E-state index in [4.69, 9.17) is 4.74 Å². The van der Waals surface area contributed by atoms with Crippen LogP contribution in [0.3, 0.4) is 0 Å². The molecule has 2 rings (SSSR count).